The zero-order valence-electron chi connectivity index (χ0n) is 16.1. The molecule has 0 atom stereocenters. The van der Waals surface area contributed by atoms with Crippen molar-refractivity contribution in [3.05, 3.63) is 60.2 Å². The molecular weight excluding hydrogens is 324 g/mol. The van der Waals surface area contributed by atoms with Gasteiger partial charge in [-0.3, -0.25) is 0 Å². The number of rotatable bonds is 9. The highest BCUT2D eigenvalue weighted by atomic mass is 16.3. The Balaban J connectivity index is 0.000000575. The standard InChI is InChI=1S/C16H26O.C6H6O.CH2O/c1-2-3-4-5-6-7-8-9-12-15-13-10-11-14-16(15)17;7-6-4-2-1-3-5-6;1-2/h10-11,13-14,17H,2-9,12H2,1H3;1-5,7H;1H2. The number of aryl methyl sites for hydroxylation is 1. The van der Waals surface area contributed by atoms with Gasteiger partial charge in [0.25, 0.3) is 0 Å². The Bertz CT molecular complexity index is 540. The number of para-hydroxylation sites is 2. The Labute approximate surface area is 158 Å². The fraction of sp³-hybridized carbons (Fsp3) is 0.435. The minimum absolute atomic E-state index is 0.322. The lowest BCUT2D eigenvalue weighted by Gasteiger charge is -2.04. The van der Waals surface area contributed by atoms with Gasteiger partial charge >= 0.3 is 0 Å². The third-order valence-electron chi connectivity index (χ3n) is 4.05. The van der Waals surface area contributed by atoms with Crippen molar-refractivity contribution < 1.29 is 15.0 Å². The van der Waals surface area contributed by atoms with Gasteiger partial charge in [0, 0.05) is 0 Å². The first-order chi connectivity index (χ1) is 12.7. The molecule has 3 heteroatoms. The second kappa shape index (κ2) is 17.5. The number of phenols is 2. The van der Waals surface area contributed by atoms with Crippen LogP contribution < -0.4 is 0 Å². The third kappa shape index (κ3) is 13.1. The van der Waals surface area contributed by atoms with E-state index in [9.17, 15) is 5.11 Å². The van der Waals surface area contributed by atoms with Crippen molar-refractivity contribution in [3.63, 3.8) is 0 Å². The number of carbonyl (C=O) groups excluding carboxylic acids is 1. The number of hydrogen-bond donors (Lipinski definition) is 2. The first-order valence-corrected chi connectivity index (χ1v) is 9.53. The summed E-state index contributed by atoms with van der Waals surface area (Å²) in [5, 5.41) is 18.2. The van der Waals surface area contributed by atoms with Crippen LogP contribution in [0.3, 0.4) is 0 Å². The van der Waals surface area contributed by atoms with Crippen LogP contribution in [0.2, 0.25) is 0 Å². The summed E-state index contributed by atoms with van der Waals surface area (Å²) >= 11 is 0. The van der Waals surface area contributed by atoms with Crippen LogP contribution >= 0.6 is 0 Å². The van der Waals surface area contributed by atoms with E-state index in [0.29, 0.717) is 11.5 Å². The first-order valence-electron chi connectivity index (χ1n) is 9.53. The molecule has 0 aliphatic rings. The molecule has 0 aromatic heterocycles. The van der Waals surface area contributed by atoms with Crippen molar-refractivity contribution in [2.24, 2.45) is 0 Å². The predicted octanol–water partition coefficient (Wildman–Crippen LogP) is 6.28. The second-order valence-corrected chi connectivity index (χ2v) is 6.19. The summed E-state index contributed by atoms with van der Waals surface area (Å²) in [5.74, 6) is 0.776. The zero-order chi connectivity index (χ0) is 19.5. The molecule has 0 radical (unpaired) electrons. The van der Waals surface area contributed by atoms with Gasteiger partial charge in [-0.25, -0.2) is 0 Å². The van der Waals surface area contributed by atoms with E-state index in [4.69, 9.17) is 9.90 Å². The predicted molar refractivity (Wildman–Crippen MR) is 110 cm³/mol. The summed E-state index contributed by atoms with van der Waals surface area (Å²) < 4.78 is 0. The molecule has 2 rings (SSSR count). The summed E-state index contributed by atoms with van der Waals surface area (Å²) in [4.78, 5) is 8.00. The van der Waals surface area contributed by atoms with E-state index in [1.807, 2.05) is 31.1 Å². The van der Waals surface area contributed by atoms with Gasteiger partial charge < -0.3 is 15.0 Å². The molecule has 2 aromatic carbocycles. The average Bonchev–Trinajstić information content (AvgIpc) is 2.68. The monoisotopic (exact) mass is 358 g/mol. The third-order valence-corrected chi connectivity index (χ3v) is 4.05. The van der Waals surface area contributed by atoms with E-state index in [0.717, 1.165) is 12.0 Å². The van der Waals surface area contributed by atoms with Crippen molar-refractivity contribution in [2.75, 3.05) is 0 Å². The molecule has 2 N–H and O–H groups in total. The molecule has 0 unspecified atom stereocenters. The Morgan fingerprint density at radius 3 is 1.69 bits per heavy atom. The number of aromatic hydroxyl groups is 2. The van der Waals surface area contributed by atoms with E-state index in [1.54, 1.807) is 30.3 Å². The smallest absolute Gasteiger partial charge is 0.118 e. The van der Waals surface area contributed by atoms with Gasteiger partial charge in [-0.1, -0.05) is 88.3 Å². The van der Waals surface area contributed by atoms with Crippen molar-refractivity contribution in [1.82, 2.24) is 0 Å². The topological polar surface area (TPSA) is 57.5 Å². The fourth-order valence-electron chi connectivity index (χ4n) is 2.60. The van der Waals surface area contributed by atoms with Gasteiger partial charge in [0.05, 0.1) is 0 Å². The normalized spacial score (nSPS) is 9.42. The van der Waals surface area contributed by atoms with Gasteiger partial charge in [0.2, 0.25) is 0 Å². The van der Waals surface area contributed by atoms with Crippen LogP contribution in [0.4, 0.5) is 0 Å². The number of unbranched alkanes of at least 4 members (excludes halogenated alkanes) is 7. The Morgan fingerprint density at radius 1 is 0.692 bits per heavy atom. The van der Waals surface area contributed by atoms with Crippen LogP contribution in [0.25, 0.3) is 0 Å². The van der Waals surface area contributed by atoms with E-state index in [-0.39, 0.29) is 0 Å². The molecule has 3 nitrogen and oxygen atoms in total. The molecule has 0 heterocycles. The Morgan fingerprint density at radius 2 is 1.19 bits per heavy atom. The molecule has 0 saturated carbocycles. The minimum Gasteiger partial charge on any atom is -0.508 e. The van der Waals surface area contributed by atoms with E-state index < -0.39 is 0 Å². The SMILES string of the molecule is C=O.CCCCCCCCCCc1ccccc1O.Oc1ccccc1. The van der Waals surface area contributed by atoms with Crippen molar-refractivity contribution >= 4 is 6.79 Å². The molecule has 0 spiro atoms. The van der Waals surface area contributed by atoms with Gasteiger partial charge in [0.1, 0.15) is 18.3 Å². The van der Waals surface area contributed by atoms with Crippen LogP contribution in [0.1, 0.15) is 63.9 Å². The van der Waals surface area contributed by atoms with Crippen molar-refractivity contribution in [3.8, 4) is 11.5 Å². The second-order valence-electron chi connectivity index (χ2n) is 6.19. The maximum Gasteiger partial charge on any atom is 0.118 e. The van der Waals surface area contributed by atoms with Crippen LogP contribution in [-0.2, 0) is 11.2 Å². The highest BCUT2D eigenvalue weighted by Crippen LogP contribution is 2.18. The maximum atomic E-state index is 9.61. The summed E-state index contributed by atoms with van der Waals surface area (Å²) in [6, 6.07) is 16.4. The summed E-state index contributed by atoms with van der Waals surface area (Å²) in [6.45, 7) is 4.26. The van der Waals surface area contributed by atoms with Gasteiger partial charge in [-0.15, -0.1) is 0 Å². The van der Waals surface area contributed by atoms with Gasteiger partial charge in [0.15, 0.2) is 0 Å². The maximum absolute atomic E-state index is 9.61. The van der Waals surface area contributed by atoms with E-state index in [1.165, 1.54) is 51.4 Å². The quantitative estimate of drug-likeness (QED) is 0.518. The van der Waals surface area contributed by atoms with Crippen LogP contribution in [0, 0.1) is 0 Å². The van der Waals surface area contributed by atoms with Crippen molar-refractivity contribution in [1.29, 1.82) is 0 Å². The van der Waals surface area contributed by atoms with E-state index >= 15 is 0 Å². The number of hydrogen-bond acceptors (Lipinski definition) is 3. The lowest BCUT2D eigenvalue weighted by atomic mass is 10.0. The molecule has 0 saturated heterocycles. The average molecular weight is 359 g/mol. The van der Waals surface area contributed by atoms with Crippen LogP contribution in [0.15, 0.2) is 54.6 Å². The van der Waals surface area contributed by atoms with Crippen molar-refractivity contribution in [2.45, 2.75) is 64.7 Å². The summed E-state index contributed by atoms with van der Waals surface area (Å²) in [6.07, 6.45) is 11.7. The highest BCUT2D eigenvalue weighted by Gasteiger charge is 1.98. The molecule has 0 aliphatic carbocycles. The van der Waals surface area contributed by atoms with Crippen LogP contribution in [0.5, 0.6) is 11.5 Å². The first kappa shape index (κ1) is 23.7. The fourth-order valence-corrected chi connectivity index (χ4v) is 2.60. The number of benzene rings is 2. The zero-order valence-corrected chi connectivity index (χ0v) is 16.1. The van der Waals surface area contributed by atoms with Gasteiger partial charge in [-0.05, 0) is 36.6 Å². The molecule has 0 fully saturated rings. The molecular formula is C23H34O3. The lowest BCUT2D eigenvalue weighted by molar-refractivity contribution is -0.0979. The highest BCUT2D eigenvalue weighted by molar-refractivity contribution is 5.31. The van der Waals surface area contributed by atoms with E-state index in [2.05, 4.69) is 6.92 Å². The Hall–Kier alpha value is -2.29. The number of carbonyl (C=O) groups is 1. The largest absolute Gasteiger partial charge is 0.508 e. The molecule has 144 valence electrons. The number of phenolic OH excluding ortho intramolecular Hbond substituents is 2. The summed E-state index contributed by atoms with van der Waals surface area (Å²) in [7, 11) is 0. The molecule has 26 heavy (non-hydrogen) atoms. The molecule has 0 bridgehead atoms. The summed E-state index contributed by atoms with van der Waals surface area (Å²) in [5.41, 5.74) is 1.10. The molecule has 2 aromatic rings. The van der Waals surface area contributed by atoms with Gasteiger partial charge in [-0.2, -0.15) is 0 Å². The molecule has 0 aliphatic heterocycles. The lowest BCUT2D eigenvalue weighted by Crippen LogP contribution is -1.87. The minimum atomic E-state index is 0.322. The molecule has 0 amide bonds. The Kier molecular flexibility index (Phi) is 16.0. The van der Waals surface area contributed by atoms with Crippen LogP contribution in [-0.4, -0.2) is 17.0 Å².